The molecular weight excluding hydrogens is 404 g/mol. The number of rotatable bonds is 5. The van der Waals surface area contributed by atoms with Crippen LogP contribution in [0.5, 0.6) is 11.6 Å². The van der Waals surface area contributed by atoms with Gasteiger partial charge in [-0.3, -0.25) is 4.79 Å². The summed E-state index contributed by atoms with van der Waals surface area (Å²) in [6.07, 6.45) is 7.34. The Hall–Kier alpha value is -2.57. The van der Waals surface area contributed by atoms with Gasteiger partial charge in [0.25, 0.3) is 11.8 Å². The fourth-order valence-corrected chi connectivity index (χ4v) is 4.78. The van der Waals surface area contributed by atoms with E-state index in [1.165, 1.54) is 6.20 Å². The Morgan fingerprint density at radius 3 is 2.83 bits per heavy atom. The summed E-state index contributed by atoms with van der Waals surface area (Å²) in [4.78, 5) is 19.4. The van der Waals surface area contributed by atoms with Crippen LogP contribution in [0.3, 0.4) is 0 Å². The van der Waals surface area contributed by atoms with Crippen LogP contribution in [0.2, 0.25) is 5.02 Å². The number of halogens is 1. The Morgan fingerprint density at radius 1 is 1.30 bits per heavy atom. The van der Waals surface area contributed by atoms with Gasteiger partial charge in [0.05, 0.1) is 28.4 Å². The smallest absolute Gasteiger partial charge is 0.260 e. The predicted octanol–water partition coefficient (Wildman–Crippen LogP) is 4.14. The first-order valence-corrected chi connectivity index (χ1v) is 10.5. The fraction of sp³-hybridized carbons (Fsp3) is 0.391. The molecule has 2 aliphatic heterocycles. The number of amides is 1. The van der Waals surface area contributed by atoms with Crippen molar-refractivity contribution in [2.75, 3.05) is 6.79 Å². The zero-order valence-electron chi connectivity index (χ0n) is 16.9. The zero-order chi connectivity index (χ0) is 21.0. The Bertz CT molecular complexity index is 1060. The molecule has 3 aliphatic rings. The molecule has 1 saturated carbocycles. The molecule has 30 heavy (non-hydrogen) atoms. The second-order valence-electron chi connectivity index (χ2n) is 8.64. The summed E-state index contributed by atoms with van der Waals surface area (Å²) in [5, 5.41) is 11.2. The molecule has 0 radical (unpaired) electrons. The minimum absolute atomic E-state index is 0.0325. The predicted molar refractivity (Wildman–Crippen MR) is 113 cm³/mol. The highest BCUT2D eigenvalue weighted by molar-refractivity contribution is 6.32. The monoisotopic (exact) mass is 426 g/mol. The molecular formula is C23H23ClN2O4. The minimum atomic E-state index is -0.947. The third-order valence-corrected chi connectivity index (χ3v) is 6.25. The molecule has 1 atom stereocenters. The third-order valence-electron chi connectivity index (χ3n) is 5.95. The van der Waals surface area contributed by atoms with Crippen molar-refractivity contribution in [2.45, 2.75) is 44.9 Å². The summed E-state index contributed by atoms with van der Waals surface area (Å²) in [6, 6.07) is 5.66. The molecule has 0 spiro atoms. The quantitative estimate of drug-likeness (QED) is 0.778. The zero-order valence-corrected chi connectivity index (χ0v) is 17.6. The Kier molecular flexibility index (Phi) is 4.52. The number of fused-ring (bicyclic) bond motifs is 2. The molecule has 0 unspecified atom stereocenters. The van der Waals surface area contributed by atoms with E-state index in [1.54, 1.807) is 13.8 Å². The van der Waals surface area contributed by atoms with E-state index >= 15 is 0 Å². The number of carbonyl (C=O) groups is 1. The van der Waals surface area contributed by atoms with E-state index in [1.807, 2.05) is 35.3 Å². The Balaban J connectivity index is 1.49. The van der Waals surface area contributed by atoms with Crippen molar-refractivity contribution in [1.29, 1.82) is 0 Å². The molecule has 7 heteroatoms. The average molecular weight is 427 g/mol. The summed E-state index contributed by atoms with van der Waals surface area (Å²) in [5.74, 6) is 1.25. The van der Waals surface area contributed by atoms with Crippen molar-refractivity contribution in [1.82, 2.24) is 9.88 Å². The lowest BCUT2D eigenvalue weighted by Crippen LogP contribution is -2.51. The Morgan fingerprint density at radius 2 is 2.10 bits per heavy atom. The lowest BCUT2D eigenvalue weighted by atomic mass is 9.93. The third kappa shape index (κ3) is 3.24. The number of hydrogen-bond acceptors (Lipinski definition) is 5. The number of benzene rings is 1. The van der Waals surface area contributed by atoms with Crippen LogP contribution in [-0.2, 0) is 6.54 Å². The maximum Gasteiger partial charge on any atom is 0.260 e. The van der Waals surface area contributed by atoms with E-state index < -0.39 is 5.60 Å². The van der Waals surface area contributed by atoms with Gasteiger partial charge in [-0.05, 0) is 49.8 Å². The normalized spacial score (nSPS) is 18.9. The number of aliphatic hydroxyl groups is 1. The van der Waals surface area contributed by atoms with E-state index in [0.29, 0.717) is 40.2 Å². The van der Waals surface area contributed by atoms with Gasteiger partial charge < -0.3 is 19.5 Å². The van der Waals surface area contributed by atoms with Crippen LogP contribution < -0.4 is 9.47 Å². The van der Waals surface area contributed by atoms with Crippen molar-refractivity contribution < 1.29 is 19.4 Å². The molecule has 5 rings (SSSR count). The van der Waals surface area contributed by atoms with Crippen molar-refractivity contribution in [3.05, 3.63) is 51.7 Å². The molecule has 6 nitrogen and oxygen atoms in total. The number of nitrogens with zero attached hydrogens (tertiary/aromatic N) is 2. The first kappa shape index (κ1) is 19.4. The molecule has 3 heterocycles. The van der Waals surface area contributed by atoms with Crippen molar-refractivity contribution in [2.24, 2.45) is 5.92 Å². The van der Waals surface area contributed by atoms with Crippen LogP contribution in [0.4, 0.5) is 0 Å². The topological polar surface area (TPSA) is 71.9 Å². The highest BCUT2D eigenvalue weighted by Gasteiger charge is 2.48. The molecule has 1 aliphatic carbocycles. The summed E-state index contributed by atoms with van der Waals surface area (Å²) in [5.41, 5.74) is 2.19. The molecule has 1 fully saturated rings. The number of carbonyl (C=O) groups excluding carboxylic acids is 1. The number of hydrogen-bond donors (Lipinski definition) is 1. The molecule has 1 amide bonds. The first-order valence-electron chi connectivity index (χ1n) is 10.1. The first-order chi connectivity index (χ1) is 14.3. The van der Waals surface area contributed by atoms with Crippen LogP contribution in [0.1, 0.15) is 53.7 Å². The highest BCUT2D eigenvalue weighted by Crippen LogP contribution is 2.44. The van der Waals surface area contributed by atoms with Gasteiger partial charge in [-0.25, -0.2) is 4.98 Å². The summed E-state index contributed by atoms with van der Waals surface area (Å²) in [7, 11) is 0. The van der Waals surface area contributed by atoms with Crippen molar-refractivity contribution in [3.8, 4) is 11.6 Å². The van der Waals surface area contributed by atoms with Gasteiger partial charge in [0.2, 0.25) is 6.79 Å². The average Bonchev–Trinajstić information content (AvgIpc) is 3.29. The van der Waals surface area contributed by atoms with Crippen LogP contribution in [-0.4, -0.2) is 39.3 Å². The second-order valence-corrected chi connectivity index (χ2v) is 9.05. The highest BCUT2D eigenvalue weighted by atomic mass is 35.5. The lowest BCUT2D eigenvalue weighted by Gasteiger charge is -2.37. The molecule has 156 valence electrons. The molecule has 0 saturated heterocycles. The van der Waals surface area contributed by atoms with Gasteiger partial charge in [0.1, 0.15) is 0 Å². The molecule has 2 aromatic rings. The van der Waals surface area contributed by atoms with E-state index in [2.05, 4.69) is 4.98 Å². The van der Waals surface area contributed by atoms with Gasteiger partial charge in [0, 0.05) is 12.1 Å². The van der Waals surface area contributed by atoms with E-state index in [-0.39, 0.29) is 18.7 Å². The van der Waals surface area contributed by atoms with Crippen LogP contribution >= 0.6 is 11.6 Å². The van der Waals surface area contributed by atoms with Gasteiger partial charge in [-0.15, -0.1) is 0 Å². The summed E-state index contributed by atoms with van der Waals surface area (Å²) < 4.78 is 10.8. The van der Waals surface area contributed by atoms with Crippen LogP contribution in [0.25, 0.3) is 12.2 Å². The standard InChI is InChI=1S/C23H23ClN2O4/c1-23(2,28)20(14-6-7-14)26-11-15-5-3-4-13(18(15)22(26)27)8-9-16-17(24)10-25-21-19(16)29-12-30-21/h3-5,8-10,14,20,28H,6-7,11-12H2,1-2H3/b9-8+/t20-/m1/s1. The van der Waals surface area contributed by atoms with Crippen molar-refractivity contribution >= 4 is 29.7 Å². The Labute approximate surface area is 180 Å². The van der Waals surface area contributed by atoms with Crippen LogP contribution in [0, 0.1) is 5.92 Å². The number of ether oxygens (including phenoxy) is 2. The van der Waals surface area contributed by atoms with E-state index in [0.717, 1.165) is 24.0 Å². The maximum atomic E-state index is 13.4. The van der Waals surface area contributed by atoms with Gasteiger partial charge in [0.15, 0.2) is 5.75 Å². The lowest BCUT2D eigenvalue weighted by molar-refractivity contribution is -0.0224. The van der Waals surface area contributed by atoms with Crippen molar-refractivity contribution in [3.63, 3.8) is 0 Å². The molecule has 1 N–H and O–H groups in total. The second kappa shape index (κ2) is 7.00. The maximum absolute atomic E-state index is 13.4. The summed E-state index contributed by atoms with van der Waals surface area (Å²) >= 11 is 6.32. The van der Waals surface area contributed by atoms with Crippen LogP contribution in [0.15, 0.2) is 24.4 Å². The summed E-state index contributed by atoms with van der Waals surface area (Å²) in [6.45, 7) is 4.21. The largest absolute Gasteiger partial charge is 0.451 e. The number of pyridine rings is 1. The molecule has 1 aromatic carbocycles. The van der Waals surface area contributed by atoms with Gasteiger partial charge >= 0.3 is 0 Å². The SMILES string of the molecule is CC(C)(O)[C@@H](C1CC1)N1Cc2cccc(/C=C/c3c(Cl)cnc4c3OCO4)c2C1=O. The van der Waals surface area contributed by atoms with Gasteiger partial charge in [-0.1, -0.05) is 35.9 Å². The number of aromatic nitrogens is 1. The minimum Gasteiger partial charge on any atom is -0.451 e. The van der Waals surface area contributed by atoms with E-state index in [9.17, 15) is 9.90 Å². The molecule has 1 aromatic heterocycles. The molecule has 0 bridgehead atoms. The fourth-order valence-electron chi connectivity index (χ4n) is 4.58. The van der Waals surface area contributed by atoms with E-state index in [4.69, 9.17) is 21.1 Å². The van der Waals surface area contributed by atoms with Gasteiger partial charge in [-0.2, -0.15) is 0 Å².